The number of carbonyl (C=O) groups is 1. The van der Waals surface area contributed by atoms with Crippen LogP contribution in [0, 0.1) is 6.92 Å². The lowest BCUT2D eigenvalue weighted by molar-refractivity contribution is 0.0596. The summed E-state index contributed by atoms with van der Waals surface area (Å²) >= 11 is 0. The van der Waals surface area contributed by atoms with Gasteiger partial charge >= 0.3 is 5.97 Å². The molecule has 0 bridgehead atoms. The first kappa shape index (κ1) is 13.4. The molecule has 0 aliphatic heterocycles. The number of aromatic amines is 1. The van der Waals surface area contributed by atoms with Crippen LogP contribution >= 0.6 is 0 Å². The minimum atomic E-state index is -0.448. The van der Waals surface area contributed by atoms with Crippen molar-refractivity contribution in [2.24, 2.45) is 0 Å². The monoisotopic (exact) mass is 284 g/mol. The SMILES string of the molecule is CCn1ccnc1-c1c[nH]c2c(C(=O)OC)nc(C)cc12. The second kappa shape index (κ2) is 5.05. The van der Waals surface area contributed by atoms with E-state index in [1.807, 2.05) is 25.4 Å². The fraction of sp³-hybridized carbons (Fsp3) is 0.267. The van der Waals surface area contributed by atoms with Gasteiger partial charge in [-0.05, 0) is 19.9 Å². The summed E-state index contributed by atoms with van der Waals surface area (Å²) in [5.41, 5.74) is 2.69. The van der Waals surface area contributed by atoms with Crippen molar-refractivity contribution in [3.63, 3.8) is 0 Å². The van der Waals surface area contributed by atoms with Crippen molar-refractivity contribution in [1.29, 1.82) is 0 Å². The Labute approximate surface area is 121 Å². The van der Waals surface area contributed by atoms with Crippen molar-refractivity contribution in [3.8, 4) is 11.4 Å². The summed E-state index contributed by atoms with van der Waals surface area (Å²) < 4.78 is 6.85. The number of aryl methyl sites for hydroxylation is 2. The molecule has 0 saturated heterocycles. The molecule has 0 aliphatic carbocycles. The van der Waals surface area contributed by atoms with E-state index in [-0.39, 0.29) is 0 Å². The first-order valence-electron chi connectivity index (χ1n) is 6.74. The van der Waals surface area contributed by atoms with Gasteiger partial charge in [0.2, 0.25) is 0 Å². The Kier molecular flexibility index (Phi) is 3.21. The van der Waals surface area contributed by atoms with Crippen LogP contribution in [0.5, 0.6) is 0 Å². The molecule has 0 spiro atoms. The van der Waals surface area contributed by atoms with Crippen LogP contribution in [0.1, 0.15) is 23.1 Å². The number of pyridine rings is 1. The van der Waals surface area contributed by atoms with E-state index in [0.29, 0.717) is 11.2 Å². The fourth-order valence-corrected chi connectivity index (χ4v) is 2.49. The largest absolute Gasteiger partial charge is 0.464 e. The zero-order valence-corrected chi connectivity index (χ0v) is 12.2. The van der Waals surface area contributed by atoms with Gasteiger partial charge in [-0.2, -0.15) is 0 Å². The molecule has 0 atom stereocenters. The summed E-state index contributed by atoms with van der Waals surface area (Å²) in [5, 5.41) is 0.920. The number of fused-ring (bicyclic) bond motifs is 1. The van der Waals surface area contributed by atoms with E-state index >= 15 is 0 Å². The molecule has 21 heavy (non-hydrogen) atoms. The van der Waals surface area contributed by atoms with Crippen LogP contribution in [0.2, 0.25) is 0 Å². The van der Waals surface area contributed by atoms with Gasteiger partial charge in [0.05, 0.1) is 12.6 Å². The second-order valence-corrected chi connectivity index (χ2v) is 4.77. The van der Waals surface area contributed by atoms with Gasteiger partial charge in [0.1, 0.15) is 5.82 Å². The fourth-order valence-electron chi connectivity index (χ4n) is 2.49. The van der Waals surface area contributed by atoms with Gasteiger partial charge in [-0.25, -0.2) is 14.8 Å². The highest BCUT2D eigenvalue weighted by atomic mass is 16.5. The summed E-state index contributed by atoms with van der Waals surface area (Å²) in [7, 11) is 1.35. The number of carbonyl (C=O) groups excluding carboxylic acids is 1. The van der Waals surface area contributed by atoms with Crippen LogP contribution in [-0.4, -0.2) is 32.6 Å². The summed E-state index contributed by atoms with van der Waals surface area (Å²) in [5.74, 6) is 0.418. The Balaban J connectivity index is 2.28. The Hall–Kier alpha value is -2.63. The van der Waals surface area contributed by atoms with E-state index in [9.17, 15) is 4.79 Å². The van der Waals surface area contributed by atoms with Crippen LogP contribution < -0.4 is 0 Å². The van der Waals surface area contributed by atoms with Crippen molar-refractivity contribution in [2.45, 2.75) is 20.4 Å². The van der Waals surface area contributed by atoms with Gasteiger partial charge in [-0.1, -0.05) is 0 Å². The maximum absolute atomic E-state index is 11.9. The maximum atomic E-state index is 11.9. The third kappa shape index (κ3) is 2.08. The lowest BCUT2D eigenvalue weighted by Crippen LogP contribution is -2.06. The molecule has 108 valence electrons. The average Bonchev–Trinajstić information content (AvgIpc) is 3.10. The zero-order chi connectivity index (χ0) is 15.0. The normalized spacial score (nSPS) is 11.0. The number of nitrogens with zero attached hydrogens (tertiary/aromatic N) is 3. The van der Waals surface area contributed by atoms with Gasteiger partial charge in [0.25, 0.3) is 0 Å². The minimum absolute atomic E-state index is 0.299. The number of aromatic nitrogens is 4. The molecule has 0 amide bonds. The lowest BCUT2D eigenvalue weighted by Gasteiger charge is -2.05. The van der Waals surface area contributed by atoms with Gasteiger partial charge in [0.15, 0.2) is 5.69 Å². The topological polar surface area (TPSA) is 72.8 Å². The molecule has 0 unspecified atom stereocenters. The Bertz CT molecular complexity index is 816. The average molecular weight is 284 g/mol. The van der Waals surface area contributed by atoms with Crippen LogP contribution in [0.15, 0.2) is 24.7 Å². The van der Waals surface area contributed by atoms with Gasteiger partial charge in [-0.3, -0.25) is 0 Å². The molecular weight excluding hydrogens is 268 g/mol. The van der Waals surface area contributed by atoms with E-state index in [0.717, 1.165) is 29.0 Å². The first-order valence-corrected chi connectivity index (χ1v) is 6.74. The zero-order valence-electron chi connectivity index (χ0n) is 12.2. The number of imidazole rings is 1. The predicted octanol–water partition coefficient (Wildman–Crippen LogP) is 2.54. The van der Waals surface area contributed by atoms with Crippen LogP contribution in [0.25, 0.3) is 22.3 Å². The Morgan fingerprint density at radius 1 is 1.48 bits per heavy atom. The number of ether oxygens (including phenoxy) is 1. The molecule has 0 aliphatic rings. The molecule has 0 saturated carbocycles. The molecule has 6 heteroatoms. The molecule has 6 nitrogen and oxygen atoms in total. The van der Waals surface area contributed by atoms with E-state index in [1.165, 1.54) is 7.11 Å². The molecule has 3 aromatic rings. The highest BCUT2D eigenvalue weighted by Crippen LogP contribution is 2.29. The molecular formula is C15H16N4O2. The molecule has 3 aromatic heterocycles. The summed E-state index contributed by atoms with van der Waals surface area (Å²) in [6, 6.07) is 1.95. The molecule has 0 fully saturated rings. The number of methoxy groups -OCH3 is 1. The number of hydrogen-bond donors (Lipinski definition) is 1. The van der Waals surface area contributed by atoms with Crippen molar-refractivity contribution in [1.82, 2.24) is 19.5 Å². The minimum Gasteiger partial charge on any atom is -0.464 e. The number of esters is 1. The maximum Gasteiger partial charge on any atom is 0.358 e. The summed E-state index contributed by atoms with van der Waals surface area (Å²) in [6.45, 7) is 4.75. The summed E-state index contributed by atoms with van der Waals surface area (Å²) in [6.07, 6.45) is 5.56. The number of nitrogens with one attached hydrogen (secondary N) is 1. The number of hydrogen-bond acceptors (Lipinski definition) is 4. The predicted molar refractivity (Wildman–Crippen MR) is 79.1 cm³/mol. The van der Waals surface area contributed by atoms with Gasteiger partial charge in [-0.15, -0.1) is 0 Å². The molecule has 3 heterocycles. The smallest absolute Gasteiger partial charge is 0.358 e. The molecule has 3 rings (SSSR count). The molecule has 0 radical (unpaired) electrons. The highest BCUT2D eigenvalue weighted by molar-refractivity contribution is 6.05. The lowest BCUT2D eigenvalue weighted by atomic mass is 10.1. The van der Waals surface area contributed by atoms with E-state index in [4.69, 9.17) is 4.74 Å². The van der Waals surface area contributed by atoms with E-state index in [1.54, 1.807) is 6.20 Å². The highest BCUT2D eigenvalue weighted by Gasteiger charge is 2.19. The number of H-pyrrole nitrogens is 1. The number of rotatable bonds is 3. The first-order chi connectivity index (χ1) is 10.2. The van der Waals surface area contributed by atoms with Crippen molar-refractivity contribution < 1.29 is 9.53 Å². The van der Waals surface area contributed by atoms with Crippen LogP contribution in [0.3, 0.4) is 0 Å². The van der Waals surface area contributed by atoms with Crippen LogP contribution in [0.4, 0.5) is 0 Å². The van der Waals surface area contributed by atoms with Gasteiger partial charge in [0, 0.05) is 41.8 Å². The second-order valence-electron chi connectivity index (χ2n) is 4.77. The quantitative estimate of drug-likeness (QED) is 0.750. The Morgan fingerprint density at radius 3 is 3.00 bits per heavy atom. The van der Waals surface area contributed by atoms with Crippen molar-refractivity contribution >= 4 is 16.9 Å². The van der Waals surface area contributed by atoms with E-state index in [2.05, 4.69) is 26.4 Å². The molecule has 0 aromatic carbocycles. The third-order valence-electron chi connectivity index (χ3n) is 3.47. The molecule has 1 N–H and O–H groups in total. The Morgan fingerprint density at radius 2 is 2.29 bits per heavy atom. The van der Waals surface area contributed by atoms with Crippen LogP contribution in [-0.2, 0) is 11.3 Å². The van der Waals surface area contributed by atoms with E-state index < -0.39 is 5.97 Å². The standard InChI is InChI=1S/C15H16N4O2/c1-4-19-6-5-16-14(19)11-8-17-12-10(11)7-9(2)18-13(12)15(20)21-3/h5-8,17H,4H2,1-3H3. The third-order valence-corrected chi connectivity index (χ3v) is 3.47. The van der Waals surface area contributed by atoms with Crippen molar-refractivity contribution in [3.05, 3.63) is 36.0 Å². The van der Waals surface area contributed by atoms with Crippen molar-refractivity contribution in [2.75, 3.05) is 7.11 Å². The summed E-state index contributed by atoms with van der Waals surface area (Å²) in [4.78, 5) is 23.7. The van der Waals surface area contributed by atoms with Gasteiger partial charge < -0.3 is 14.3 Å².